The van der Waals surface area contributed by atoms with E-state index in [1.807, 2.05) is 19.1 Å². The van der Waals surface area contributed by atoms with E-state index in [0.717, 1.165) is 30.5 Å². The summed E-state index contributed by atoms with van der Waals surface area (Å²) in [5.74, 6) is -1.58. The zero-order valence-corrected chi connectivity index (χ0v) is 26.0. The van der Waals surface area contributed by atoms with E-state index in [9.17, 15) is 22.8 Å². The van der Waals surface area contributed by atoms with Crippen molar-refractivity contribution in [3.63, 3.8) is 0 Å². The number of aromatic nitrogens is 2. The van der Waals surface area contributed by atoms with E-state index in [0.29, 0.717) is 29.4 Å². The first-order valence-electron chi connectivity index (χ1n) is 14.8. The van der Waals surface area contributed by atoms with Crippen LogP contribution in [0.15, 0.2) is 59.2 Å². The average Bonchev–Trinajstić information content (AvgIpc) is 3.28. The summed E-state index contributed by atoms with van der Waals surface area (Å²) in [6.45, 7) is 6.53. The van der Waals surface area contributed by atoms with Crippen molar-refractivity contribution in [2.45, 2.75) is 78.3 Å². The fraction of sp³-hybridized carbons (Fsp3) is 0.485. The van der Waals surface area contributed by atoms with Gasteiger partial charge in [0.2, 0.25) is 5.91 Å². The van der Waals surface area contributed by atoms with Gasteiger partial charge in [-0.2, -0.15) is 18.3 Å². The van der Waals surface area contributed by atoms with Crippen molar-refractivity contribution in [1.82, 2.24) is 15.1 Å². The highest BCUT2D eigenvalue weighted by Crippen LogP contribution is 2.37. The number of fused-ring (bicyclic) bond motifs is 1. The van der Waals surface area contributed by atoms with Crippen LogP contribution in [0.25, 0.3) is 10.9 Å². The number of carbonyl (C=O) groups excluding carboxylic acids is 1. The van der Waals surface area contributed by atoms with Gasteiger partial charge in [-0.3, -0.25) is 14.3 Å². The molecule has 0 bridgehead atoms. The van der Waals surface area contributed by atoms with Crippen molar-refractivity contribution < 1.29 is 27.9 Å². The first kappa shape index (κ1) is 34.2. The summed E-state index contributed by atoms with van der Waals surface area (Å²) < 4.78 is 41.6. The summed E-state index contributed by atoms with van der Waals surface area (Å²) >= 11 is 6.18. The lowest BCUT2D eigenvalue weighted by Gasteiger charge is -2.22. The molecule has 10 heteroatoms. The van der Waals surface area contributed by atoms with Crippen molar-refractivity contribution in [3.05, 3.63) is 75.5 Å². The Bertz CT molecular complexity index is 1440. The van der Waals surface area contributed by atoms with Gasteiger partial charge < -0.3 is 10.4 Å². The van der Waals surface area contributed by atoms with E-state index in [2.05, 4.69) is 36.4 Å². The lowest BCUT2D eigenvalue weighted by atomic mass is 9.84. The smallest absolute Gasteiger partial charge is 0.416 e. The van der Waals surface area contributed by atoms with Crippen LogP contribution in [-0.4, -0.2) is 33.3 Å². The van der Waals surface area contributed by atoms with E-state index in [1.54, 1.807) is 18.7 Å². The van der Waals surface area contributed by atoms with Crippen LogP contribution >= 0.6 is 11.6 Å². The molecule has 0 spiro atoms. The molecular formula is C33H41ClF3N3O3. The molecule has 0 aliphatic heterocycles. The average molecular weight is 620 g/mol. The van der Waals surface area contributed by atoms with Gasteiger partial charge >= 0.3 is 12.1 Å². The second kappa shape index (κ2) is 15.4. The molecule has 1 heterocycles. The summed E-state index contributed by atoms with van der Waals surface area (Å²) in [5, 5.41) is 16.2. The Morgan fingerprint density at radius 1 is 1.21 bits per heavy atom. The van der Waals surface area contributed by atoms with Crippen LogP contribution in [0, 0.1) is 11.8 Å². The van der Waals surface area contributed by atoms with Crippen molar-refractivity contribution in [2.24, 2.45) is 18.9 Å². The van der Waals surface area contributed by atoms with Gasteiger partial charge in [0.25, 0.3) is 0 Å². The molecule has 1 aromatic heterocycles. The van der Waals surface area contributed by atoms with Crippen molar-refractivity contribution in [3.8, 4) is 0 Å². The van der Waals surface area contributed by atoms with Gasteiger partial charge in [-0.25, -0.2) is 0 Å². The molecule has 2 aliphatic carbocycles. The third-order valence-corrected chi connectivity index (χ3v) is 8.13. The normalized spacial score (nSPS) is 17.4. The van der Waals surface area contributed by atoms with Gasteiger partial charge in [-0.1, -0.05) is 73.4 Å². The Morgan fingerprint density at radius 2 is 1.95 bits per heavy atom. The topological polar surface area (TPSA) is 84.2 Å². The fourth-order valence-corrected chi connectivity index (χ4v) is 5.69. The van der Waals surface area contributed by atoms with E-state index in [1.165, 1.54) is 29.5 Å². The Morgan fingerprint density at radius 3 is 2.51 bits per heavy atom. The molecule has 6 nitrogen and oxygen atoms in total. The second-order valence-electron chi connectivity index (χ2n) is 11.1. The van der Waals surface area contributed by atoms with Gasteiger partial charge in [-0.05, 0) is 69.1 Å². The SMILES string of the molecule is CCC1=CC=C(C)CC1.CCCC(Cc1nn(C)c2c(Cl)cc(C(F)(F)F)cc12)C1=CCC(C(=O)NCCC(=O)O)C=C1. The van der Waals surface area contributed by atoms with Gasteiger partial charge in [0, 0.05) is 19.0 Å². The van der Waals surface area contributed by atoms with Crippen LogP contribution in [0.2, 0.25) is 5.02 Å². The molecule has 4 rings (SSSR count). The van der Waals surface area contributed by atoms with Crippen LogP contribution < -0.4 is 5.32 Å². The maximum atomic E-state index is 13.4. The van der Waals surface area contributed by atoms with Crippen LogP contribution in [0.5, 0.6) is 0 Å². The minimum absolute atomic E-state index is 0.00615. The zero-order valence-electron chi connectivity index (χ0n) is 25.2. The van der Waals surface area contributed by atoms with E-state index in [4.69, 9.17) is 16.7 Å². The molecule has 2 aromatic rings. The number of nitrogens with zero attached hydrogens (tertiary/aromatic N) is 2. The largest absolute Gasteiger partial charge is 0.481 e. The standard InChI is InChI=1S/C24H27ClF3N3O3.C9H14/c1-3-4-16(14-5-7-15(8-6-14)23(34)29-10-9-21(32)33)11-20-18-12-17(24(26,27)28)13-19(25)22(18)31(2)30-20;1-3-9-6-4-8(2)5-7-9/h5-7,12-13,15-16H,3-4,8-11H2,1-2H3,(H,29,34)(H,32,33);4,6H,3,5,7H2,1-2H3. The molecule has 0 saturated carbocycles. The number of aliphatic carboxylic acids is 1. The Balaban J connectivity index is 0.000000480. The van der Waals surface area contributed by atoms with E-state index in [-0.39, 0.29) is 35.7 Å². The Hall–Kier alpha value is -3.33. The molecule has 0 saturated heterocycles. The Labute approximate surface area is 256 Å². The first-order chi connectivity index (χ1) is 20.3. The number of halogens is 4. The van der Waals surface area contributed by atoms with Gasteiger partial charge in [0.05, 0.1) is 34.1 Å². The number of carboxylic acid groups (broad SMARTS) is 1. The van der Waals surface area contributed by atoms with Gasteiger partial charge in [0.15, 0.2) is 0 Å². The predicted octanol–water partition coefficient (Wildman–Crippen LogP) is 8.36. The fourth-order valence-electron chi connectivity index (χ4n) is 5.35. The molecule has 0 radical (unpaired) electrons. The molecule has 1 amide bonds. The number of amides is 1. The summed E-state index contributed by atoms with van der Waals surface area (Å²) in [5.41, 5.74) is 4.33. The molecule has 2 N–H and O–H groups in total. The Kier molecular flexibility index (Phi) is 12.2. The number of hydrogen-bond acceptors (Lipinski definition) is 3. The molecule has 2 atom stereocenters. The number of nitrogens with one attached hydrogen (secondary N) is 1. The maximum Gasteiger partial charge on any atom is 0.416 e. The van der Waals surface area contributed by atoms with E-state index < -0.39 is 17.7 Å². The van der Waals surface area contributed by atoms with Crippen LogP contribution in [0.1, 0.15) is 77.0 Å². The number of carboxylic acids is 1. The van der Waals surface area contributed by atoms with Crippen LogP contribution in [-0.2, 0) is 29.2 Å². The predicted molar refractivity (Wildman–Crippen MR) is 165 cm³/mol. The van der Waals surface area contributed by atoms with Crippen molar-refractivity contribution >= 4 is 34.4 Å². The number of aryl methyl sites for hydroxylation is 1. The summed E-state index contributed by atoms with van der Waals surface area (Å²) in [6.07, 6.45) is 11.9. The summed E-state index contributed by atoms with van der Waals surface area (Å²) in [4.78, 5) is 22.9. The highest BCUT2D eigenvalue weighted by Gasteiger charge is 2.32. The first-order valence-corrected chi connectivity index (χ1v) is 15.2. The molecule has 0 fully saturated rings. The van der Waals surface area contributed by atoms with Crippen molar-refractivity contribution in [1.29, 1.82) is 0 Å². The number of carbonyl (C=O) groups is 2. The quantitative estimate of drug-likeness (QED) is 0.280. The monoisotopic (exact) mass is 619 g/mol. The number of allylic oxidation sites excluding steroid dienone is 7. The molecule has 2 unspecified atom stereocenters. The molecule has 234 valence electrons. The number of alkyl halides is 3. The zero-order chi connectivity index (χ0) is 31.7. The van der Waals surface area contributed by atoms with Gasteiger partial charge in [0.1, 0.15) is 0 Å². The summed E-state index contributed by atoms with van der Waals surface area (Å²) in [7, 11) is 1.66. The highest BCUT2D eigenvalue weighted by molar-refractivity contribution is 6.35. The third-order valence-electron chi connectivity index (χ3n) is 7.85. The number of hydrogen-bond donors (Lipinski definition) is 2. The van der Waals surface area contributed by atoms with Crippen LogP contribution in [0.4, 0.5) is 13.2 Å². The number of rotatable bonds is 10. The minimum Gasteiger partial charge on any atom is -0.481 e. The number of benzene rings is 1. The lowest BCUT2D eigenvalue weighted by molar-refractivity contribution is -0.138. The third kappa shape index (κ3) is 9.58. The van der Waals surface area contributed by atoms with Crippen molar-refractivity contribution in [2.75, 3.05) is 6.54 Å². The molecular weight excluding hydrogens is 579 g/mol. The molecule has 1 aromatic carbocycles. The second-order valence-corrected chi connectivity index (χ2v) is 11.6. The lowest BCUT2D eigenvalue weighted by Crippen LogP contribution is -2.32. The van der Waals surface area contributed by atoms with Crippen LogP contribution in [0.3, 0.4) is 0 Å². The molecule has 43 heavy (non-hydrogen) atoms. The summed E-state index contributed by atoms with van der Waals surface area (Å²) in [6, 6.07) is 2.03. The highest BCUT2D eigenvalue weighted by atomic mass is 35.5. The van der Waals surface area contributed by atoms with Gasteiger partial charge in [-0.15, -0.1) is 0 Å². The molecule has 2 aliphatic rings. The maximum absolute atomic E-state index is 13.4. The minimum atomic E-state index is -4.51. The van der Waals surface area contributed by atoms with E-state index >= 15 is 0 Å².